The lowest BCUT2D eigenvalue weighted by Gasteiger charge is -2.13. The van der Waals surface area contributed by atoms with Crippen LogP contribution >= 0.6 is 0 Å². The molecule has 0 aliphatic rings. The Labute approximate surface area is 112 Å². The van der Waals surface area contributed by atoms with Crippen molar-refractivity contribution < 1.29 is 14.3 Å². The van der Waals surface area contributed by atoms with E-state index >= 15 is 0 Å². The highest BCUT2D eigenvalue weighted by atomic mass is 16.4. The quantitative estimate of drug-likeness (QED) is 0.856. The van der Waals surface area contributed by atoms with Gasteiger partial charge in [-0.25, -0.2) is 0 Å². The molecule has 0 amide bonds. The van der Waals surface area contributed by atoms with Crippen molar-refractivity contribution >= 4 is 5.97 Å². The van der Waals surface area contributed by atoms with Crippen LogP contribution in [0.4, 0.5) is 0 Å². The van der Waals surface area contributed by atoms with E-state index in [4.69, 9.17) is 9.52 Å². The maximum absolute atomic E-state index is 11.0. The lowest BCUT2D eigenvalue weighted by atomic mass is 9.92. The molecule has 0 aliphatic heterocycles. The number of benzene rings is 1. The number of carboxylic acid groups (broad SMARTS) is 1. The largest absolute Gasteiger partial charge is 0.481 e. The Morgan fingerprint density at radius 2 is 2.00 bits per heavy atom. The van der Waals surface area contributed by atoms with Crippen molar-refractivity contribution in [3.8, 4) is 0 Å². The van der Waals surface area contributed by atoms with Crippen LogP contribution in [0.1, 0.15) is 42.6 Å². The number of hydrogen-bond acceptors (Lipinski definition) is 2. The van der Waals surface area contributed by atoms with Crippen molar-refractivity contribution in [2.75, 3.05) is 0 Å². The Morgan fingerprint density at radius 3 is 2.53 bits per heavy atom. The summed E-state index contributed by atoms with van der Waals surface area (Å²) in [5.74, 6) is -0.340. The van der Waals surface area contributed by atoms with Crippen molar-refractivity contribution in [1.29, 1.82) is 0 Å². The van der Waals surface area contributed by atoms with Gasteiger partial charge in [0, 0.05) is 0 Å². The summed E-state index contributed by atoms with van der Waals surface area (Å²) in [4.78, 5) is 11.0. The molecule has 0 fully saturated rings. The summed E-state index contributed by atoms with van der Waals surface area (Å²) in [5, 5.41) is 9.04. The zero-order valence-electron chi connectivity index (χ0n) is 11.0. The Hall–Kier alpha value is -2.03. The summed E-state index contributed by atoms with van der Waals surface area (Å²) in [6.07, 6.45) is 3.77. The average Bonchev–Trinajstić information content (AvgIpc) is 2.91. The van der Waals surface area contributed by atoms with Crippen molar-refractivity contribution in [1.82, 2.24) is 0 Å². The number of hydrogen-bond donors (Lipinski definition) is 1. The van der Waals surface area contributed by atoms with Crippen LogP contribution in [-0.2, 0) is 11.2 Å². The van der Waals surface area contributed by atoms with E-state index in [0.29, 0.717) is 5.76 Å². The van der Waals surface area contributed by atoms with E-state index in [0.717, 1.165) is 18.4 Å². The predicted molar refractivity (Wildman–Crippen MR) is 73.2 cm³/mol. The first-order valence-corrected chi connectivity index (χ1v) is 6.54. The second-order valence-electron chi connectivity index (χ2n) is 4.66. The Kier molecular flexibility index (Phi) is 4.39. The molecule has 1 N–H and O–H groups in total. The van der Waals surface area contributed by atoms with Crippen LogP contribution in [0, 0.1) is 0 Å². The summed E-state index contributed by atoms with van der Waals surface area (Å²) < 4.78 is 5.37. The second kappa shape index (κ2) is 6.23. The van der Waals surface area contributed by atoms with Crippen molar-refractivity contribution in [2.45, 2.75) is 32.1 Å². The van der Waals surface area contributed by atoms with Gasteiger partial charge in [0.2, 0.25) is 0 Å². The van der Waals surface area contributed by atoms with Crippen LogP contribution in [0.15, 0.2) is 47.1 Å². The normalized spacial score (nSPS) is 12.3. The monoisotopic (exact) mass is 258 g/mol. The zero-order valence-corrected chi connectivity index (χ0v) is 11.0. The fourth-order valence-corrected chi connectivity index (χ4v) is 2.25. The van der Waals surface area contributed by atoms with Gasteiger partial charge in [0.05, 0.1) is 18.6 Å². The van der Waals surface area contributed by atoms with Crippen LogP contribution in [0.25, 0.3) is 0 Å². The molecule has 1 heterocycles. The third kappa shape index (κ3) is 3.47. The topological polar surface area (TPSA) is 50.4 Å². The Morgan fingerprint density at radius 1 is 1.26 bits per heavy atom. The molecule has 0 spiro atoms. The number of rotatable bonds is 6. The van der Waals surface area contributed by atoms with Gasteiger partial charge < -0.3 is 9.52 Å². The van der Waals surface area contributed by atoms with Gasteiger partial charge in [-0.15, -0.1) is 0 Å². The Balaban J connectivity index is 2.25. The fourth-order valence-electron chi connectivity index (χ4n) is 2.25. The van der Waals surface area contributed by atoms with E-state index in [9.17, 15) is 4.79 Å². The molecule has 3 heteroatoms. The van der Waals surface area contributed by atoms with E-state index in [-0.39, 0.29) is 12.3 Å². The molecular formula is C16H18O3. The van der Waals surface area contributed by atoms with Crippen LogP contribution in [0.2, 0.25) is 0 Å². The highest BCUT2D eigenvalue weighted by Gasteiger charge is 2.20. The van der Waals surface area contributed by atoms with Crippen molar-refractivity contribution in [3.63, 3.8) is 0 Å². The van der Waals surface area contributed by atoms with Crippen LogP contribution in [0.3, 0.4) is 0 Å². The summed E-state index contributed by atoms with van der Waals surface area (Å²) in [5.41, 5.74) is 2.26. The maximum atomic E-state index is 11.0. The number of carbonyl (C=O) groups is 1. The van der Waals surface area contributed by atoms with Crippen LogP contribution < -0.4 is 0 Å². The van der Waals surface area contributed by atoms with Gasteiger partial charge in [0.25, 0.3) is 0 Å². The van der Waals surface area contributed by atoms with Gasteiger partial charge >= 0.3 is 5.97 Å². The lowest BCUT2D eigenvalue weighted by Crippen LogP contribution is -2.07. The Bertz CT molecular complexity index is 511. The summed E-state index contributed by atoms with van der Waals surface area (Å²) in [7, 11) is 0. The summed E-state index contributed by atoms with van der Waals surface area (Å²) >= 11 is 0. The third-order valence-corrected chi connectivity index (χ3v) is 3.19. The van der Waals surface area contributed by atoms with Gasteiger partial charge in [0.15, 0.2) is 0 Å². The molecule has 100 valence electrons. The molecular weight excluding hydrogens is 240 g/mol. The first-order valence-electron chi connectivity index (χ1n) is 6.54. The third-order valence-electron chi connectivity index (χ3n) is 3.19. The summed E-state index contributed by atoms with van der Waals surface area (Å²) in [6, 6.07) is 11.7. The van der Waals surface area contributed by atoms with Crippen LogP contribution in [0.5, 0.6) is 0 Å². The van der Waals surface area contributed by atoms with Gasteiger partial charge in [-0.2, -0.15) is 0 Å². The van der Waals surface area contributed by atoms with E-state index in [1.807, 2.05) is 18.2 Å². The second-order valence-corrected chi connectivity index (χ2v) is 4.66. The minimum atomic E-state index is -0.820. The van der Waals surface area contributed by atoms with E-state index in [2.05, 4.69) is 19.1 Å². The fraction of sp³-hybridized carbons (Fsp3) is 0.312. The van der Waals surface area contributed by atoms with E-state index < -0.39 is 5.97 Å². The van der Waals surface area contributed by atoms with Crippen molar-refractivity contribution in [2.24, 2.45) is 0 Å². The maximum Gasteiger partial charge on any atom is 0.304 e. The highest BCUT2D eigenvalue weighted by molar-refractivity contribution is 5.68. The minimum Gasteiger partial charge on any atom is -0.481 e. The van der Waals surface area contributed by atoms with Crippen LogP contribution in [-0.4, -0.2) is 11.1 Å². The van der Waals surface area contributed by atoms with Gasteiger partial charge in [-0.1, -0.05) is 37.6 Å². The van der Waals surface area contributed by atoms with Crippen molar-refractivity contribution in [3.05, 3.63) is 59.5 Å². The molecule has 2 rings (SSSR count). The average molecular weight is 258 g/mol. The molecule has 0 saturated carbocycles. The number of aryl methyl sites for hydroxylation is 1. The smallest absolute Gasteiger partial charge is 0.304 e. The highest BCUT2D eigenvalue weighted by Crippen LogP contribution is 2.28. The van der Waals surface area contributed by atoms with Gasteiger partial charge in [0.1, 0.15) is 5.76 Å². The molecule has 0 bridgehead atoms. The number of aliphatic carboxylic acids is 1. The molecule has 3 nitrogen and oxygen atoms in total. The SMILES string of the molecule is CCCc1ccc(C(CC(=O)O)c2ccco2)cc1. The lowest BCUT2D eigenvalue weighted by molar-refractivity contribution is -0.137. The first kappa shape index (κ1) is 13.4. The molecule has 2 aromatic rings. The van der Waals surface area contributed by atoms with Gasteiger partial charge in [-0.3, -0.25) is 4.79 Å². The molecule has 0 saturated heterocycles. The standard InChI is InChI=1S/C16H18O3/c1-2-4-12-6-8-13(9-7-12)14(11-16(17)18)15-5-3-10-19-15/h3,5-10,14H,2,4,11H2,1H3,(H,17,18). The minimum absolute atomic E-state index is 0.0423. The molecule has 1 atom stereocenters. The van der Waals surface area contributed by atoms with Gasteiger partial charge in [-0.05, 0) is 29.7 Å². The molecule has 1 aromatic carbocycles. The molecule has 19 heavy (non-hydrogen) atoms. The molecule has 0 aliphatic carbocycles. The number of carboxylic acids is 1. The first-order chi connectivity index (χ1) is 9.20. The van der Waals surface area contributed by atoms with E-state index in [1.165, 1.54) is 5.56 Å². The number of furan rings is 1. The summed E-state index contributed by atoms with van der Waals surface area (Å²) in [6.45, 7) is 2.14. The molecule has 1 unspecified atom stereocenters. The zero-order chi connectivity index (χ0) is 13.7. The molecule has 1 aromatic heterocycles. The predicted octanol–water partition coefficient (Wildman–Crippen LogP) is 3.84. The molecule has 0 radical (unpaired) electrons. The van der Waals surface area contributed by atoms with E-state index in [1.54, 1.807) is 12.3 Å².